The fourth-order valence-corrected chi connectivity index (χ4v) is 2.32. The number of halogens is 3. The second-order valence-corrected chi connectivity index (χ2v) is 5.58. The largest absolute Gasteiger partial charge is 0.396 e. The molecule has 0 saturated heterocycles. The van der Waals surface area contributed by atoms with E-state index >= 15 is 0 Å². The summed E-state index contributed by atoms with van der Waals surface area (Å²) < 4.78 is 41.0. The Morgan fingerprint density at radius 3 is 2.48 bits per heavy atom. The second kappa shape index (κ2) is 8.45. The Bertz CT molecular complexity index is 901. The summed E-state index contributed by atoms with van der Waals surface area (Å²) >= 11 is 0. The Labute approximate surface area is 153 Å². The van der Waals surface area contributed by atoms with Crippen molar-refractivity contribution in [2.75, 3.05) is 23.8 Å². The van der Waals surface area contributed by atoms with E-state index in [0.717, 1.165) is 0 Å². The van der Waals surface area contributed by atoms with Gasteiger partial charge in [0.1, 0.15) is 17.3 Å². The van der Waals surface area contributed by atoms with Gasteiger partial charge in [0.2, 0.25) is 5.95 Å². The van der Waals surface area contributed by atoms with Crippen molar-refractivity contribution in [3.8, 4) is 11.3 Å². The van der Waals surface area contributed by atoms with Crippen molar-refractivity contribution in [2.45, 2.75) is 6.42 Å². The number of pyridine rings is 1. The number of aliphatic hydroxyl groups is 1. The molecule has 2 heterocycles. The third kappa shape index (κ3) is 4.70. The van der Waals surface area contributed by atoms with Gasteiger partial charge in [0.15, 0.2) is 11.6 Å². The molecule has 3 aromatic rings. The molecular formula is C18H16F3N5O. The maximum absolute atomic E-state index is 13.9. The lowest BCUT2D eigenvalue weighted by Crippen LogP contribution is -2.09. The molecular weight excluding hydrogens is 359 g/mol. The topological polar surface area (TPSA) is 83.0 Å². The van der Waals surface area contributed by atoms with E-state index in [-0.39, 0.29) is 18.4 Å². The average molecular weight is 375 g/mol. The Hall–Kier alpha value is -3.20. The summed E-state index contributed by atoms with van der Waals surface area (Å²) in [6, 6.07) is 6.15. The van der Waals surface area contributed by atoms with Gasteiger partial charge in [-0.3, -0.25) is 4.98 Å². The van der Waals surface area contributed by atoms with Crippen molar-refractivity contribution in [3.05, 3.63) is 60.2 Å². The predicted octanol–water partition coefficient (Wildman–Crippen LogP) is 3.49. The van der Waals surface area contributed by atoms with E-state index in [1.165, 1.54) is 6.07 Å². The predicted molar refractivity (Wildman–Crippen MR) is 95.1 cm³/mol. The molecule has 140 valence electrons. The number of rotatable bonds is 7. The fourth-order valence-electron chi connectivity index (χ4n) is 2.32. The lowest BCUT2D eigenvalue weighted by Gasteiger charge is -2.12. The highest BCUT2D eigenvalue weighted by atomic mass is 19.1. The van der Waals surface area contributed by atoms with Crippen molar-refractivity contribution in [1.82, 2.24) is 15.0 Å². The maximum Gasteiger partial charge on any atom is 0.225 e. The summed E-state index contributed by atoms with van der Waals surface area (Å²) in [4.78, 5) is 12.5. The van der Waals surface area contributed by atoms with Gasteiger partial charge in [0.05, 0.1) is 5.69 Å². The standard InChI is InChI=1S/C18H16F3N5O/c19-12-7-13(20)17(14(21)8-12)25-16-9-15(11-3-1-4-22-10-11)24-18(26-16)23-5-2-6-27/h1,3-4,7-10,27H,2,5-6H2,(H2,23,24,25,26). The molecule has 0 atom stereocenters. The quantitative estimate of drug-likeness (QED) is 0.549. The summed E-state index contributed by atoms with van der Waals surface area (Å²) in [6.45, 7) is 0.401. The van der Waals surface area contributed by atoms with Gasteiger partial charge in [0, 0.05) is 49.3 Å². The van der Waals surface area contributed by atoms with Crippen LogP contribution in [0.1, 0.15) is 6.42 Å². The molecule has 0 saturated carbocycles. The summed E-state index contributed by atoms with van der Waals surface area (Å²) in [5.74, 6) is -2.86. The monoisotopic (exact) mass is 375 g/mol. The molecule has 27 heavy (non-hydrogen) atoms. The molecule has 3 rings (SSSR count). The van der Waals surface area contributed by atoms with E-state index < -0.39 is 23.1 Å². The van der Waals surface area contributed by atoms with Crippen molar-refractivity contribution in [2.24, 2.45) is 0 Å². The van der Waals surface area contributed by atoms with Gasteiger partial charge in [-0.1, -0.05) is 0 Å². The van der Waals surface area contributed by atoms with Crippen LogP contribution in [-0.4, -0.2) is 33.2 Å². The molecule has 0 amide bonds. The van der Waals surface area contributed by atoms with Gasteiger partial charge in [-0.2, -0.15) is 4.98 Å². The van der Waals surface area contributed by atoms with Crippen LogP contribution in [0.25, 0.3) is 11.3 Å². The molecule has 9 heteroatoms. The molecule has 0 unspecified atom stereocenters. The van der Waals surface area contributed by atoms with Gasteiger partial charge < -0.3 is 15.7 Å². The summed E-state index contributed by atoms with van der Waals surface area (Å²) in [6.07, 6.45) is 3.67. The van der Waals surface area contributed by atoms with Gasteiger partial charge in [-0.15, -0.1) is 0 Å². The highest BCUT2D eigenvalue weighted by molar-refractivity contribution is 5.67. The average Bonchev–Trinajstić information content (AvgIpc) is 2.65. The van der Waals surface area contributed by atoms with E-state index in [0.29, 0.717) is 36.4 Å². The lowest BCUT2D eigenvalue weighted by molar-refractivity contribution is 0.292. The first-order chi connectivity index (χ1) is 13.1. The molecule has 0 bridgehead atoms. The van der Waals surface area contributed by atoms with Crippen LogP contribution in [0.5, 0.6) is 0 Å². The third-order valence-electron chi connectivity index (χ3n) is 3.56. The van der Waals surface area contributed by atoms with E-state index in [1.54, 1.807) is 24.5 Å². The lowest BCUT2D eigenvalue weighted by atomic mass is 10.2. The van der Waals surface area contributed by atoms with Crippen LogP contribution in [-0.2, 0) is 0 Å². The Morgan fingerprint density at radius 2 is 1.81 bits per heavy atom. The summed E-state index contributed by atoms with van der Waals surface area (Å²) in [5.41, 5.74) is 0.622. The van der Waals surface area contributed by atoms with E-state index in [2.05, 4.69) is 25.6 Å². The molecule has 0 spiro atoms. The van der Waals surface area contributed by atoms with Gasteiger partial charge in [-0.25, -0.2) is 18.2 Å². The van der Waals surface area contributed by atoms with E-state index in [1.807, 2.05) is 0 Å². The second-order valence-electron chi connectivity index (χ2n) is 5.58. The molecule has 2 aromatic heterocycles. The minimum Gasteiger partial charge on any atom is -0.396 e. The van der Waals surface area contributed by atoms with Crippen LogP contribution in [0.4, 0.5) is 30.6 Å². The Kier molecular flexibility index (Phi) is 5.82. The van der Waals surface area contributed by atoms with Crippen LogP contribution in [0.15, 0.2) is 42.7 Å². The molecule has 3 N–H and O–H groups in total. The number of nitrogens with one attached hydrogen (secondary N) is 2. The van der Waals surface area contributed by atoms with Crippen LogP contribution in [0.3, 0.4) is 0 Å². The molecule has 0 aliphatic heterocycles. The number of aliphatic hydroxyl groups excluding tert-OH is 1. The van der Waals surface area contributed by atoms with Crippen LogP contribution < -0.4 is 10.6 Å². The van der Waals surface area contributed by atoms with Gasteiger partial charge >= 0.3 is 0 Å². The summed E-state index contributed by atoms with van der Waals surface area (Å²) in [5, 5.41) is 14.4. The third-order valence-corrected chi connectivity index (χ3v) is 3.56. The number of anilines is 3. The number of nitrogens with zero attached hydrogens (tertiary/aromatic N) is 3. The zero-order valence-corrected chi connectivity index (χ0v) is 14.1. The van der Waals surface area contributed by atoms with Gasteiger partial charge in [-0.05, 0) is 18.6 Å². The van der Waals surface area contributed by atoms with Crippen molar-refractivity contribution < 1.29 is 18.3 Å². The van der Waals surface area contributed by atoms with Crippen molar-refractivity contribution in [3.63, 3.8) is 0 Å². The number of hydrogen-bond donors (Lipinski definition) is 3. The Morgan fingerprint density at radius 1 is 1.04 bits per heavy atom. The normalized spacial score (nSPS) is 10.7. The molecule has 0 fully saturated rings. The highest BCUT2D eigenvalue weighted by Gasteiger charge is 2.14. The van der Waals surface area contributed by atoms with E-state index in [4.69, 9.17) is 5.11 Å². The molecule has 0 aliphatic rings. The molecule has 0 aliphatic carbocycles. The van der Waals surface area contributed by atoms with Crippen molar-refractivity contribution >= 4 is 17.5 Å². The SMILES string of the molecule is OCCCNc1nc(Nc2c(F)cc(F)cc2F)cc(-c2cccnc2)n1. The smallest absolute Gasteiger partial charge is 0.225 e. The molecule has 1 aromatic carbocycles. The fraction of sp³-hybridized carbons (Fsp3) is 0.167. The van der Waals surface area contributed by atoms with Gasteiger partial charge in [0.25, 0.3) is 0 Å². The van der Waals surface area contributed by atoms with Crippen LogP contribution >= 0.6 is 0 Å². The van der Waals surface area contributed by atoms with Crippen LogP contribution in [0, 0.1) is 17.5 Å². The number of hydrogen-bond acceptors (Lipinski definition) is 6. The highest BCUT2D eigenvalue weighted by Crippen LogP contribution is 2.26. The zero-order chi connectivity index (χ0) is 19.2. The first-order valence-electron chi connectivity index (χ1n) is 8.12. The van der Waals surface area contributed by atoms with Crippen LogP contribution in [0.2, 0.25) is 0 Å². The first-order valence-corrected chi connectivity index (χ1v) is 8.12. The summed E-state index contributed by atoms with van der Waals surface area (Å²) in [7, 11) is 0. The Balaban J connectivity index is 1.97. The minimum atomic E-state index is -1.08. The number of aromatic nitrogens is 3. The molecule has 0 radical (unpaired) electrons. The maximum atomic E-state index is 13.9. The minimum absolute atomic E-state index is 0.00753. The first kappa shape index (κ1) is 18.6. The van der Waals surface area contributed by atoms with Crippen molar-refractivity contribution in [1.29, 1.82) is 0 Å². The zero-order valence-electron chi connectivity index (χ0n) is 14.1. The van der Waals surface area contributed by atoms with E-state index in [9.17, 15) is 13.2 Å². The number of benzene rings is 1. The molecule has 6 nitrogen and oxygen atoms in total.